The molecule has 0 fully saturated rings. The number of carboxylic acid groups (broad SMARTS) is 1. The molecule has 0 unspecified atom stereocenters. The minimum atomic E-state index is -1.16. The highest BCUT2D eigenvalue weighted by Gasteiger charge is 2.15. The van der Waals surface area contributed by atoms with E-state index in [1.807, 2.05) is 0 Å². The summed E-state index contributed by atoms with van der Waals surface area (Å²) in [6.45, 7) is 0. The van der Waals surface area contributed by atoms with Gasteiger partial charge in [-0.2, -0.15) is 0 Å². The molecule has 0 spiro atoms. The minimum Gasteiger partial charge on any atom is -0.478 e. The molecule has 0 aliphatic heterocycles. The molecule has 0 bridgehead atoms. The van der Waals surface area contributed by atoms with Crippen LogP contribution in [0.3, 0.4) is 0 Å². The lowest BCUT2D eigenvalue weighted by atomic mass is 10.2. The van der Waals surface area contributed by atoms with Gasteiger partial charge in [-0.15, -0.1) is 0 Å². The van der Waals surface area contributed by atoms with E-state index in [2.05, 4.69) is 10.3 Å². The van der Waals surface area contributed by atoms with Crippen molar-refractivity contribution < 1.29 is 19.1 Å². The molecule has 2 aromatic rings. The van der Waals surface area contributed by atoms with E-state index < -0.39 is 17.7 Å². The number of anilines is 1. The van der Waals surface area contributed by atoms with E-state index >= 15 is 0 Å². The second-order valence-corrected chi connectivity index (χ2v) is 4.20. The van der Waals surface area contributed by atoms with Crippen molar-refractivity contribution in [2.24, 2.45) is 0 Å². The van der Waals surface area contributed by atoms with Gasteiger partial charge >= 0.3 is 5.97 Å². The highest BCUT2D eigenvalue weighted by atomic mass is 35.5. The Labute approximate surface area is 118 Å². The zero-order valence-corrected chi connectivity index (χ0v) is 10.7. The van der Waals surface area contributed by atoms with Gasteiger partial charge < -0.3 is 10.4 Å². The number of carboxylic acids is 1. The lowest BCUT2D eigenvalue weighted by Gasteiger charge is -2.06. The summed E-state index contributed by atoms with van der Waals surface area (Å²) in [5, 5.41) is 11.0. The van der Waals surface area contributed by atoms with E-state index in [-0.39, 0.29) is 22.0 Å². The number of rotatable bonds is 3. The number of carbonyl (C=O) groups excluding carboxylic acids is 1. The van der Waals surface area contributed by atoms with Gasteiger partial charge in [-0.25, -0.2) is 14.2 Å². The summed E-state index contributed by atoms with van der Waals surface area (Å²) in [4.78, 5) is 26.4. The van der Waals surface area contributed by atoms with E-state index in [1.165, 1.54) is 36.5 Å². The first-order valence-electron chi connectivity index (χ1n) is 5.44. The van der Waals surface area contributed by atoms with Gasteiger partial charge in [0.1, 0.15) is 5.82 Å². The quantitative estimate of drug-likeness (QED) is 0.912. The number of nitrogens with zero attached hydrogens (tertiary/aromatic N) is 1. The number of hydrogen-bond donors (Lipinski definition) is 2. The fourth-order valence-electron chi connectivity index (χ4n) is 1.49. The fraction of sp³-hybridized carbons (Fsp3) is 0. The highest BCUT2D eigenvalue weighted by molar-refractivity contribution is 6.31. The van der Waals surface area contributed by atoms with Crippen LogP contribution in [0.2, 0.25) is 5.02 Å². The molecule has 0 saturated heterocycles. The van der Waals surface area contributed by atoms with Crippen LogP contribution < -0.4 is 5.32 Å². The van der Waals surface area contributed by atoms with Gasteiger partial charge in [0.25, 0.3) is 5.91 Å². The maximum absolute atomic E-state index is 13.7. The topological polar surface area (TPSA) is 79.3 Å². The smallest absolute Gasteiger partial charge is 0.335 e. The molecular formula is C13H8ClFN2O3. The van der Waals surface area contributed by atoms with Crippen LogP contribution in [-0.4, -0.2) is 22.0 Å². The Morgan fingerprint density at radius 2 is 2.05 bits per heavy atom. The van der Waals surface area contributed by atoms with E-state index in [4.69, 9.17) is 16.7 Å². The Balaban J connectivity index is 2.26. The van der Waals surface area contributed by atoms with Crippen molar-refractivity contribution in [3.8, 4) is 0 Å². The van der Waals surface area contributed by atoms with Crippen LogP contribution in [0.4, 0.5) is 10.2 Å². The van der Waals surface area contributed by atoms with Gasteiger partial charge in [0, 0.05) is 6.20 Å². The monoisotopic (exact) mass is 294 g/mol. The molecule has 102 valence electrons. The number of halogens is 2. The van der Waals surface area contributed by atoms with Crippen molar-refractivity contribution >= 4 is 29.3 Å². The molecule has 0 saturated carbocycles. The van der Waals surface area contributed by atoms with E-state index in [1.54, 1.807) is 0 Å². The van der Waals surface area contributed by atoms with Gasteiger partial charge in [-0.1, -0.05) is 17.7 Å². The first-order valence-corrected chi connectivity index (χ1v) is 5.81. The third-order valence-corrected chi connectivity index (χ3v) is 2.74. The Kier molecular flexibility index (Phi) is 3.95. The number of aromatic carboxylic acids is 1. The normalized spacial score (nSPS) is 10.1. The second-order valence-electron chi connectivity index (χ2n) is 3.79. The third-order valence-electron chi connectivity index (χ3n) is 2.44. The summed E-state index contributed by atoms with van der Waals surface area (Å²) in [7, 11) is 0. The standard InChI is InChI=1S/C13H8ClFN2O3/c14-9-3-1-2-8(11(9)15)12(18)17-10-6-7(13(19)20)4-5-16-10/h1-6H,(H,19,20)(H,16,17,18). The zero-order valence-electron chi connectivity index (χ0n) is 9.93. The Morgan fingerprint density at radius 3 is 2.75 bits per heavy atom. The van der Waals surface area contributed by atoms with Crippen molar-refractivity contribution in [3.05, 3.63) is 58.5 Å². The maximum atomic E-state index is 13.7. The number of aromatic nitrogens is 1. The lowest BCUT2D eigenvalue weighted by molar-refractivity contribution is 0.0696. The van der Waals surface area contributed by atoms with Crippen LogP contribution in [0.25, 0.3) is 0 Å². The Bertz CT molecular complexity index is 691. The second kappa shape index (κ2) is 5.66. The molecule has 20 heavy (non-hydrogen) atoms. The average molecular weight is 295 g/mol. The summed E-state index contributed by atoms with van der Waals surface area (Å²) in [6, 6.07) is 6.45. The van der Waals surface area contributed by atoms with Gasteiger partial charge in [0.05, 0.1) is 16.1 Å². The number of benzene rings is 1. The molecule has 0 aliphatic rings. The Hall–Kier alpha value is -2.47. The van der Waals surface area contributed by atoms with Crippen LogP contribution in [0.15, 0.2) is 36.5 Å². The summed E-state index contributed by atoms with van der Waals surface area (Å²) in [5.41, 5.74) is -0.290. The molecule has 1 amide bonds. The van der Waals surface area contributed by atoms with E-state index in [9.17, 15) is 14.0 Å². The van der Waals surface area contributed by atoms with Crippen LogP contribution in [0.1, 0.15) is 20.7 Å². The number of amides is 1. The molecule has 1 aromatic heterocycles. The van der Waals surface area contributed by atoms with Gasteiger partial charge in [0.2, 0.25) is 0 Å². The summed E-state index contributed by atoms with van der Waals surface area (Å²) in [5.74, 6) is -2.76. The van der Waals surface area contributed by atoms with Crippen molar-refractivity contribution in [1.82, 2.24) is 4.98 Å². The van der Waals surface area contributed by atoms with Crippen molar-refractivity contribution in [2.75, 3.05) is 5.32 Å². The van der Waals surface area contributed by atoms with Crippen molar-refractivity contribution in [1.29, 1.82) is 0 Å². The number of hydrogen-bond acceptors (Lipinski definition) is 3. The molecule has 0 aliphatic carbocycles. The zero-order chi connectivity index (χ0) is 14.7. The molecule has 1 heterocycles. The molecule has 0 radical (unpaired) electrons. The van der Waals surface area contributed by atoms with Crippen molar-refractivity contribution in [3.63, 3.8) is 0 Å². The van der Waals surface area contributed by atoms with Gasteiger partial charge in [-0.05, 0) is 24.3 Å². The first kappa shape index (κ1) is 14.0. The largest absolute Gasteiger partial charge is 0.478 e. The fourth-order valence-corrected chi connectivity index (χ4v) is 1.67. The third kappa shape index (κ3) is 2.92. The average Bonchev–Trinajstić information content (AvgIpc) is 2.42. The van der Waals surface area contributed by atoms with Gasteiger partial charge in [0.15, 0.2) is 5.82 Å². The van der Waals surface area contributed by atoms with Crippen molar-refractivity contribution in [2.45, 2.75) is 0 Å². The summed E-state index contributed by atoms with van der Waals surface area (Å²) in [6.07, 6.45) is 1.23. The summed E-state index contributed by atoms with van der Waals surface area (Å²) >= 11 is 5.58. The molecule has 7 heteroatoms. The lowest BCUT2D eigenvalue weighted by Crippen LogP contribution is -2.15. The molecule has 2 rings (SSSR count). The van der Waals surface area contributed by atoms with E-state index in [0.29, 0.717) is 0 Å². The highest BCUT2D eigenvalue weighted by Crippen LogP contribution is 2.19. The molecular weight excluding hydrogens is 287 g/mol. The molecule has 2 N–H and O–H groups in total. The molecule has 0 atom stereocenters. The predicted molar refractivity (Wildman–Crippen MR) is 70.6 cm³/mol. The maximum Gasteiger partial charge on any atom is 0.335 e. The minimum absolute atomic E-state index is 0.00859. The molecule has 1 aromatic carbocycles. The van der Waals surface area contributed by atoms with Crippen LogP contribution in [-0.2, 0) is 0 Å². The van der Waals surface area contributed by atoms with Crippen LogP contribution in [0.5, 0.6) is 0 Å². The summed E-state index contributed by atoms with van der Waals surface area (Å²) < 4.78 is 13.7. The Morgan fingerprint density at radius 1 is 1.30 bits per heavy atom. The first-order chi connectivity index (χ1) is 9.49. The SMILES string of the molecule is O=C(O)c1ccnc(NC(=O)c2cccc(Cl)c2F)c1. The number of pyridine rings is 1. The molecule has 5 nitrogen and oxygen atoms in total. The van der Waals surface area contributed by atoms with Gasteiger partial charge in [-0.3, -0.25) is 4.79 Å². The van der Waals surface area contributed by atoms with Crippen LogP contribution in [0, 0.1) is 5.82 Å². The van der Waals surface area contributed by atoms with Crippen LogP contribution >= 0.6 is 11.6 Å². The van der Waals surface area contributed by atoms with E-state index in [0.717, 1.165) is 0 Å². The number of nitrogens with one attached hydrogen (secondary N) is 1. The predicted octanol–water partition coefficient (Wildman–Crippen LogP) is 2.82. The number of carbonyl (C=O) groups is 2.